The third kappa shape index (κ3) is 5.79. The van der Waals surface area contributed by atoms with Gasteiger partial charge in [-0.25, -0.2) is 9.97 Å². The monoisotopic (exact) mass is 596 g/mol. The number of H-pyrrole nitrogens is 2. The van der Waals surface area contributed by atoms with Gasteiger partial charge in [-0.3, -0.25) is 0 Å². The van der Waals surface area contributed by atoms with E-state index >= 15 is 0 Å². The first-order valence-corrected chi connectivity index (χ1v) is 14.4. The van der Waals surface area contributed by atoms with Gasteiger partial charge in [0, 0.05) is 0 Å². The van der Waals surface area contributed by atoms with Crippen molar-refractivity contribution in [2.45, 2.75) is 0 Å². The number of aromatic nitrogens is 4. The molecule has 0 aliphatic carbocycles. The van der Waals surface area contributed by atoms with Gasteiger partial charge in [0.15, 0.2) is 22.1 Å². The fourth-order valence-corrected chi connectivity index (χ4v) is 5.55. The van der Waals surface area contributed by atoms with Gasteiger partial charge in [-0.15, -0.1) is 0 Å². The summed E-state index contributed by atoms with van der Waals surface area (Å²) in [4.78, 5) is 6.77. The first-order chi connectivity index (χ1) is 21.7. The molecule has 0 atom stereocenters. The van der Waals surface area contributed by atoms with Crippen LogP contribution in [-0.2, 0) is 0 Å². The van der Waals surface area contributed by atoms with Crippen molar-refractivity contribution in [3.63, 3.8) is 0 Å². The molecule has 0 bridgehead atoms. The molecule has 0 unspecified atom stereocenters. The van der Waals surface area contributed by atoms with E-state index in [0.717, 1.165) is 45.1 Å². The Bertz CT molecular complexity index is 2050. The molecule has 0 spiro atoms. The van der Waals surface area contributed by atoms with Crippen LogP contribution in [0.2, 0.25) is 0 Å². The Morgan fingerprint density at radius 1 is 0.378 bits per heavy atom. The number of nitrogens with one attached hydrogen (secondary N) is 2. The topological polar surface area (TPSA) is 84.3 Å². The molecule has 0 fully saturated rings. The fraction of sp³-hybridized carbons (Fsp3) is 0. The SMILES string of the molecule is [Mg+2].[O-]c1ccccc1-c1[nH+]c2ccccc2n1-c1ccccc1.[O-]c1ccccc1-c1[nH+]c2ccccc2n1-c1ccccc1. The Balaban J connectivity index is 0.000000155. The molecule has 6 nitrogen and oxygen atoms in total. The number of hydrogen-bond acceptors (Lipinski definition) is 2. The van der Waals surface area contributed by atoms with Crippen LogP contribution in [0.15, 0.2) is 158 Å². The van der Waals surface area contributed by atoms with Crippen molar-refractivity contribution < 1.29 is 20.2 Å². The van der Waals surface area contributed by atoms with Crippen LogP contribution >= 0.6 is 0 Å². The smallest absolute Gasteiger partial charge is 0.872 e. The van der Waals surface area contributed by atoms with E-state index in [-0.39, 0.29) is 34.6 Å². The second kappa shape index (κ2) is 13.1. The average Bonchev–Trinajstić information content (AvgIpc) is 3.65. The van der Waals surface area contributed by atoms with Gasteiger partial charge in [-0.2, -0.15) is 9.13 Å². The summed E-state index contributed by atoms with van der Waals surface area (Å²) in [5.74, 6) is 1.63. The predicted molar refractivity (Wildman–Crippen MR) is 175 cm³/mol. The molecule has 8 aromatic rings. The van der Waals surface area contributed by atoms with Crippen LogP contribution in [0.4, 0.5) is 0 Å². The quantitative estimate of drug-likeness (QED) is 0.234. The molecule has 2 N–H and O–H groups in total. The van der Waals surface area contributed by atoms with Crippen molar-refractivity contribution in [3.05, 3.63) is 158 Å². The van der Waals surface area contributed by atoms with Crippen molar-refractivity contribution >= 4 is 45.1 Å². The van der Waals surface area contributed by atoms with Crippen LogP contribution < -0.4 is 20.2 Å². The standard InChI is InChI=1S/2C19H14N2O.Mg/c2*22-18-13-7-4-10-15(18)19-20-16-11-5-6-12-17(16)21(19)14-8-2-1-3-9-14;/h2*1-13,22H;/q;;+2. The summed E-state index contributed by atoms with van der Waals surface area (Å²) in [6, 6.07) is 50.4. The number of para-hydroxylation sites is 8. The predicted octanol–water partition coefficient (Wildman–Crippen LogP) is 5.99. The van der Waals surface area contributed by atoms with E-state index in [1.165, 1.54) is 0 Å². The second-order valence-corrected chi connectivity index (χ2v) is 10.3. The number of nitrogens with zero attached hydrogens (tertiary/aromatic N) is 2. The Kier molecular flexibility index (Phi) is 8.64. The number of benzene rings is 6. The molecule has 7 heteroatoms. The maximum absolute atomic E-state index is 12.2. The minimum atomic E-state index is 0. The third-order valence-corrected chi connectivity index (χ3v) is 7.56. The van der Waals surface area contributed by atoms with E-state index in [4.69, 9.17) is 0 Å². The number of rotatable bonds is 4. The summed E-state index contributed by atoms with van der Waals surface area (Å²) >= 11 is 0. The van der Waals surface area contributed by atoms with Crippen molar-refractivity contribution in [1.82, 2.24) is 9.13 Å². The van der Waals surface area contributed by atoms with Crippen molar-refractivity contribution in [3.8, 4) is 45.6 Å². The summed E-state index contributed by atoms with van der Waals surface area (Å²) in [6.07, 6.45) is 0. The number of imidazole rings is 2. The Morgan fingerprint density at radius 2 is 0.711 bits per heavy atom. The summed E-state index contributed by atoms with van der Waals surface area (Å²) in [5, 5.41) is 24.5. The maximum atomic E-state index is 12.2. The molecule has 0 amide bonds. The molecular weight excluding hydrogens is 569 g/mol. The molecule has 0 aliphatic heterocycles. The van der Waals surface area contributed by atoms with Gasteiger partial charge < -0.3 is 10.2 Å². The van der Waals surface area contributed by atoms with Gasteiger partial charge in [0.2, 0.25) is 0 Å². The zero-order valence-corrected chi connectivity index (χ0v) is 25.8. The number of hydrogen-bond donors (Lipinski definition) is 0. The van der Waals surface area contributed by atoms with Crippen molar-refractivity contribution in [2.24, 2.45) is 0 Å². The van der Waals surface area contributed by atoms with Crippen LogP contribution in [-0.4, -0.2) is 32.2 Å². The van der Waals surface area contributed by atoms with Crippen LogP contribution in [0.1, 0.15) is 0 Å². The van der Waals surface area contributed by atoms with Crippen molar-refractivity contribution in [2.75, 3.05) is 0 Å². The summed E-state index contributed by atoms with van der Waals surface area (Å²) in [5.41, 5.74) is 7.50. The molecule has 2 heterocycles. The minimum absolute atomic E-state index is 0. The Morgan fingerprint density at radius 3 is 1.11 bits per heavy atom. The van der Waals surface area contributed by atoms with Crippen LogP contribution in [0, 0.1) is 0 Å². The molecule has 0 saturated carbocycles. The molecule has 212 valence electrons. The van der Waals surface area contributed by atoms with E-state index in [2.05, 4.69) is 31.2 Å². The van der Waals surface area contributed by atoms with E-state index in [9.17, 15) is 10.2 Å². The zero-order valence-electron chi connectivity index (χ0n) is 24.4. The summed E-state index contributed by atoms with van der Waals surface area (Å²) in [7, 11) is 0. The van der Waals surface area contributed by atoms with Gasteiger partial charge in [0.05, 0.1) is 11.1 Å². The summed E-state index contributed by atoms with van der Waals surface area (Å²) < 4.78 is 4.18. The van der Waals surface area contributed by atoms with Gasteiger partial charge in [-0.1, -0.05) is 109 Å². The average molecular weight is 597 g/mol. The number of fused-ring (bicyclic) bond motifs is 2. The first-order valence-electron chi connectivity index (χ1n) is 14.4. The number of aromatic amines is 2. The molecule has 45 heavy (non-hydrogen) atoms. The van der Waals surface area contributed by atoms with Gasteiger partial charge >= 0.3 is 23.1 Å². The fourth-order valence-electron chi connectivity index (χ4n) is 5.55. The maximum Gasteiger partial charge on any atom is 2.00 e. The molecule has 2 aromatic heterocycles. The molecule has 6 aromatic carbocycles. The Labute approximate surface area is 276 Å². The van der Waals surface area contributed by atoms with E-state index in [1.807, 2.05) is 121 Å². The Hall–Kier alpha value is -5.37. The molecule has 8 rings (SSSR count). The van der Waals surface area contributed by atoms with E-state index in [1.54, 1.807) is 24.3 Å². The second-order valence-electron chi connectivity index (χ2n) is 10.3. The molecule has 0 aliphatic rings. The summed E-state index contributed by atoms with van der Waals surface area (Å²) in [6.45, 7) is 0. The van der Waals surface area contributed by atoms with Crippen LogP contribution in [0.25, 0.3) is 56.2 Å². The van der Waals surface area contributed by atoms with Gasteiger partial charge in [0.25, 0.3) is 11.6 Å². The van der Waals surface area contributed by atoms with Crippen LogP contribution in [0.5, 0.6) is 11.5 Å². The normalized spacial score (nSPS) is 10.7. The minimum Gasteiger partial charge on any atom is -0.872 e. The van der Waals surface area contributed by atoms with Gasteiger partial charge in [-0.05, 0) is 60.7 Å². The van der Waals surface area contributed by atoms with E-state index < -0.39 is 0 Å². The molecule has 0 radical (unpaired) electrons. The molecular formula is C38H28MgN4O2+2. The van der Waals surface area contributed by atoms with Gasteiger partial charge in [0.1, 0.15) is 11.4 Å². The first kappa shape index (κ1) is 29.7. The largest absolute Gasteiger partial charge is 2.00 e. The van der Waals surface area contributed by atoms with Crippen LogP contribution in [0.3, 0.4) is 0 Å². The molecule has 0 saturated heterocycles. The third-order valence-electron chi connectivity index (χ3n) is 7.56. The van der Waals surface area contributed by atoms with Crippen molar-refractivity contribution in [1.29, 1.82) is 0 Å². The van der Waals surface area contributed by atoms with E-state index in [0.29, 0.717) is 11.1 Å². The zero-order chi connectivity index (χ0) is 29.9.